The van der Waals surface area contributed by atoms with E-state index in [9.17, 15) is 8.42 Å². The number of sulfonamides is 1. The van der Waals surface area contributed by atoms with Gasteiger partial charge in [0.05, 0.1) is 6.20 Å². The third-order valence-electron chi connectivity index (χ3n) is 2.72. The van der Waals surface area contributed by atoms with Gasteiger partial charge in [0.15, 0.2) is 0 Å². The lowest BCUT2D eigenvalue weighted by Gasteiger charge is -2.09. The minimum Gasteiger partial charge on any atom is -0.316 e. The molecule has 1 saturated heterocycles. The average molecular weight is 281 g/mol. The number of nitrogens with one attached hydrogen (secondary N) is 2. The summed E-state index contributed by atoms with van der Waals surface area (Å²) in [6, 6.07) is 0. The van der Waals surface area contributed by atoms with Crippen LogP contribution in [-0.4, -0.2) is 37.8 Å². The molecule has 6 nitrogen and oxygen atoms in total. The van der Waals surface area contributed by atoms with Gasteiger partial charge in [-0.3, -0.25) is 4.68 Å². The summed E-state index contributed by atoms with van der Waals surface area (Å²) >= 11 is 0. The summed E-state index contributed by atoms with van der Waals surface area (Å²) in [6.45, 7) is 2.35. The predicted octanol–water partition coefficient (Wildman–Crippen LogP) is -0.270. The van der Waals surface area contributed by atoms with Crippen molar-refractivity contribution in [3.05, 3.63) is 12.4 Å². The van der Waals surface area contributed by atoms with E-state index in [2.05, 4.69) is 15.1 Å². The van der Waals surface area contributed by atoms with Gasteiger partial charge in [0, 0.05) is 19.8 Å². The molecule has 1 unspecified atom stereocenters. The molecule has 2 heterocycles. The summed E-state index contributed by atoms with van der Waals surface area (Å²) in [4.78, 5) is 0.223. The summed E-state index contributed by atoms with van der Waals surface area (Å²) in [7, 11) is -1.69. The SMILES string of the molecule is Cl.Cn1cc(S(=O)(=O)NCC2CCNC2)cn1. The summed E-state index contributed by atoms with van der Waals surface area (Å²) < 4.78 is 27.7. The van der Waals surface area contributed by atoms with Crippen molar-refractivity contribution in [1.29, 1.82) is 0 Å². The summed E-state index contributed by atoms with van der Waals surface area (Å²) in [5.74, 6) is 0.395. The molecule has 8 heteroatoms. The van der Waals surface area contributed by atoms with Crippen LogP contribution < -0.4 is 10.0 Å². The van der Waals surface area contributed by atoms with Crippen molar-refractivity contribution in [2.45, 2.75) is 11.3 Å². The zero-order valence-corrected chi connectivity index (χ0v) is 11.2. The Morgan fingerprint density at radius 2 is 2.41 bits per heavy atom. The van der Waals surface area contributed by atoms with Crippen molar-refractivity contribution in [3.8, 4) is 0 Å². The fraction of sp³-hybridized carbons (Fsp3) is 0.667. The fourth-order valence-electron chi connectivity index (χ4n) is 1.74. The van der Waals surface area contributed by atoms with Gasteiger partial charge in [-0.1, -0.05) is 0 Å². The Bertz CT molecular complexity index is 453. The van der Waals surface area contributed by atoms with E-state index in [1.807, 2.05) is 0 Å². The highest BCUT2D eigenvalue weighted by molar-refractivity contribution is 7.89. The molecule has 0 amide bonds. The molecular weight excluding hydrogens is 264 g/mol. The number of hydrogen-bond donors (Lipinski definition) is 2. The van der Waals surface area contributed by atoms with Gasteiger partial charge in [0.1, 0.15) is 4.90 Å². The van der Waals surface area contributed by atoms with Crippen molar-refractivity contribution >= 4 is 22.4 Å². The quantitative estimate of drug-likeness (QED) is 0.796. The number of nitrogens with zero attached hydrogens (tertiary/aromatic N) is 2. The van der Waals surface area contributed by atoms with Gasteiger partial charge in [0.2, 0.25) is 10.0 Å². The maximum Gasteiger partial charge on any atom is 0.243 e. The molecule has 0 aromatic carbocycles. The molecule has 0 radical (unpaired) electrons. The Morgan fingerprint density at radius 3 is 2.94 bits per heavy atom. The van der Waals surface area contributed by atoms with Crippen molar-refractivity contribution in [3.63, 3.8) is 0 Å². The first kappa shape index (κ1) is 14.4. The molecule has 98 valence electrons. The summed E-state index contributed by atoms with van der Waals surface area (Å²) in [5.41, 5.74) is 0. The van der Waals surface area contributed by atoms with Crippen LogP contribution in [0.1, 0.15) is 6.42 Å². The van der Waals surface area contributed by atoms with Crippen LogP contribution in [0.3, 0.4) is 0 Å². The minimum absolute atomic E-state index is 0. The van der Waals surface area contributed by atoms with E-state index >= 15 is 0 Å². The molecule has 1 atom stereocenters. The second-order valence-corrected chi connectivity index (χ2v) is 5.83. The molecule has 1 aliphatic heterocycles. The van der Waals surface area contributed by atoms with Crippen LogP contribution >= 0.6 is 12.4 Å². The van der Waals surface area contributed by atoms with E-state index in [4.69, 9.17) is 0 Å². The third-order valence-corrected chi connectivity index (χ3v) is 4.09. The second-order valence-electron chi connectivity index (χ2n) is 4.06. The lowest BCUT2D eigenvalue weighted by molar-refractivity contribution is 0.538. The fourth-order valence-corrected chi connectivity index (χ4v) is 2.84. The van der Waals surface area contributed by atoms with Gasteiger partial charge in [-0.05, 0) is 25.4 Å². The van der Waals surface area contributed by atoms with Gasteiger partial charge >= 0.3 is 0 Å². The van der Waals surface area contributed by atoms with E-state index in [1.165, 1.54) is 17.1 Å². The standard InChI is InChI=1S/C9H16N4O2S.ClH/c1-13-7-9(6-11-13)16(14,15)12-5-8-2-3-10-4-8;/h6-8,10,12H,2-5H2,1H3;1H. The van der Waals surface area contributed by atoms with Crippen molar-refractivity contribution in [1.82, 2.24) is 19.8 Å². The smallest absolute Gasteiger partial charge is 0.243 e. The molecule has 2 N–H and O–H groups in total. The van der Waals surface area contributed by atoms with Crippen LogP contribution in [0, 0.1) is 5.92 Å². The molecule has 0 spiro atoms. The summed E-state index contributed by atoms with van der Waals surface area (Å²) in [6.07, 6.45) is 3.88. The number of aryl methyl sites for hydroxylation is 1. The largest absolute Gasteiger partial charge is 0.316 e. The number of rotatable bonds is 4. The maximum absolute atomic E-state index is 11.8. The lowest BCUT2D eigenvalue weighted by atomic mass is 10.1. The van der Waals surface area contributed by atoms with Crippen LogP contribution in [0.4, 0.5) is 0 Å². The Labute approximate surface area is 107 Å². The van der Waals surface area contributed by atoms with Crippen molar-refractivity contribution < 1.29 is 8.42 Å². The van der Waals surface area contributed by atoms with E-state index in [-0.39, 0.29) is 17.3 Å². The van der Waals surface area contributed by atoms with Crippen molar-refractivity contribution in [2.24, 2.45) is 13.0 Å². The number of halogens is 1. The first-order chi connectivity index (χ1) is 7.58. The zero-order valence-electron chi connectivity index (χ0n) is 9.59. The van der Waals surface area contributed by atoms with Gasteiger partial charge in [-0.15, -0.1) is 12.4 Å². The predicted molar refractivity (Wildman–Crippen MR) is 66.6 cm³/mol. The summed E-state index contributed by atoms with van der Waals surface area (Å²) in [5, 5.41) is 7.05. The zero-order chi connectivity index (χ0) is 11.6. The Hall–Kier alpha value is -0.630. The molecule has 0 bridgehead atoms. The monoisotopic (exact) mass is 280 g/mol. The van der Waals surface area contributed by atoms with E-state index < -0.39 is 10.0 Å². The van der Waals surface area contributed by atoms with Crippen LogP contribution in [0.5, 0.6) is 0 Å². The Balaban J connectivity index is 0.00000144. The first-order valence-electron chi connectivity index (χ1n) is 5.27. The molecule has 0 saturated carbocycles. The van der Waals surface area contributed by atoms with Crippen LogP contribution in [0.15, 0.2) is 17.3 Å². The minimum atomic E-state index is -3.39. The Kier molecular flexibility index (Phi) is 4.93. The first-order valence-corrected chi connectivity index (χ1v) is 6.75. The van der Waals surface area contributed by atoms with E-state index in [1.54, 1.807) is 7.05 Å². The molecule has 17 heavy (non-hydrogen) atoms. The lowest BCUT2D eigenvalue weighted by Crippen LogP contribution is -2.30. The Morgan fingerprint density at radius 1 is 1.65 bits per heavy atom. The van der Waals surface area contributed by atoms with Crippen LogP contribution in [0.2, 0.25) is 0 Å². The number of hydrogen-bond acceptors (Lipinski definition) is 4. The number of aromatic nitrogens is 2. The molecular formula is C9H17ClN4O2S. The van der Waals surface area contributed by atoms with Crippen molar-refractivity contribution in [2.75, 3.05) is 19.6 Å². The highest BCUT2D eigenvalue weighted by Crippen LogP contribution is 2.09. The second kappa shape index (κ2) is 5.81. The molecule has 0 aliphatic carbocycles. The van der Waals surface area contributed by atoms with Gasteiger partial charge in [-0.2, -0.15) is 5.10 Å². The maximum atomic E-state index is 11.8. The molecule has 2 rings (SSSR count). The molecule has 1 aromatic rings. The van der Waals surface area contributed by atoms with Crippen LogP contribution in [-0.2, 0) is 17.1 Å². The third kappa shape index (κ3) is 3.67. The molecule has 1 aromatic heterocycles. The molecule has 1 fully saturated rings. The highest BCUT2D eigenvalue weighted by atomic mass is 35.5. The van der Waals surface area contributed by atoms with E-state index in [0.717, 1.165) is 19.5 Å². The highest BCUT2D eigenvalue weighted by Gasteiger charge is 2.20. The van der Waals surface area contributed by atoms with Gasteiger partial charge in [-0.25, -0.2) is 13.1 Å². The topological polar surface area (TPSA) is 76.0 Å². The normalized spacial score (nSPS) is 20.2. The van der Waals surface area contributed by atoms with Crippen LogP contribution in [0.25, 0.3) is 0 Å². The van der Waals surface area contributed by atoms with Gasteiger partial charge < -0.3 is 5.32 Å². The average Bonchev–Trinajstić information content (AvgIpc) is 2.85. The molecule has 1 aliphatic rings. The van der Waals surface area contributed by atoms with Gasteiger partial charge in [0.25, 0.3) is 0 Å². The van der Waals surface area contributed by atoms with E-state index in [0.29, 0.717) is 12.5 Å².